The van der Waals surface area contributed by atoms with E-state index in [4.69, 9.17) is 0 Å². The lowest BCUT2D eigenvalue weighted by Crippen LogP contribution is -2.28. The molecule has 3 aromatic rings. The quantitative estimate of drug-likeness (QED) is 0.656. The molecule has 6 nitrogen and oxygen atoms in total. The molecule has 2 aromatic carbocycles. The van der Waals surface area contributed by atoms with Gasteiger partial charge in [-0.1, -0.05) is 30.3 Å². The molecule has 29 heavy (non-hydrogen) atoms. The molecule has 0 unspecified atom stereocenters. The van der Waals surface area contributed by atoms with Crippen LogP contribution in [0.3, 0.4) is 0 Å². The van der Waals surface area contributed by atoms with E-state index in [1.165, 1.54) is 0 Å². The van der Waals surface area contributed by atoms with Crippen LogP contribution in [0, 0.1) is 0 Å². The summed E-state index contributed by atoms with van der Waals surface area (Å²) in [5, 5.41) is 16.7. The van der Waals surface area contributed by atoms with Gasteiger partial charge in [-0.05, 0) is 56.5 Å². The topological polar surface area (TPSA) is 84.2 Å². The van der Waals surface area contributed by atoms with Gasteiger partial charge in [0, 0.05) is 11.6 Å². The molecule has 0 spiro atoms. The van der Waals surface area contributed by atoms with Gasteiger partial charge >= 0.3 is 5.97 Å². The average molecular weight is 389 g/mol. The Morgan fingerprint density at radius 1 is 1.07 bits per heavy atom. The highest BCUT2D eigenvalue weighted by Gasteiger charge is 2.33. The fourth-order valence-corrected chi connectivity index (χ4v) is 3.35. The molecule has 0 saturated heterocycles. The molecule has 1 heterocycles. The lowest BCUT2D eigenvalue weighted by molar-refractivity contribution is -0.142. The number of carbonyl (C=O) groups excluding carboxylic acids is 1. The Bertz CT molecular complexity index is 1050. The summed E-state index contributed by atoms with van der Waals surface area (Å²) in [6.45, 7) is 3.31. The Kier molecular flexibility index (Phi) is 4.70. The Labute approximate surface area is 169 Å². The Morgan fingerprint density at radius 3 is 2.31 bits per heavy atom. The van der Waals surface area contributed by atoms with Gasteiger partial charge in [-0.25, -0.2) is 4.68 Å². The maximum Gasteiger partial charge on any atom is 0.313 e. The highest BCUT2D eigenvalue weighted by molar-refractivity contribution is 6.05. The van der Waals surface area contributed by atoms with E-state index in [2.05, 4.69) is 10.4 Å². The summed E-state index contributed by atoms with van der Waals surface area (Å²) >= 11 is 0. The zero-order valence-electron chi connectivity index (χ0n) is 16.4. The van der Waals surface area contributed by atoms with Crippen molar-refractivity contribution in [3.8, 4) is 5.69 Å². The Balaban J connectivity index is 1.58. The van der Waals surface area contributed by atoms with E-state index >= 15 is 0 Å². The molecule has 0 aliphatic heterocycles. The number of amides is 1. The van der Waals surface area contributed by atoms with Crippen molar-refractivity contribution in [3.63, 3.8) is 0 Å². The molecule has 1 amide bonds. The molecule has 1 aliphatic rings. The molecular weight excluding hydrogens is 366 g/mol. The van der Waals surface area contributed by atoms with Crippen molar-refractivity contribution in [1.29, 1.82) is 0 Å². The highest BCUT2D eigenvalue weighted by Crippen LogP contribution is 2.42. The lowest BCUT2D eigenvalue weighted by Gasteiger charge is -2.19. The molecule has 0 radical (unpaired) electrons. The SMILES string of the molecule is CC(C)(C(=O)O)c1ccc(NC(=O)c2cnn(-c3ccccc3)c2C2CC2)cc1. The van der Waals surface area contributed by atoms with Gasteiger partial charge in [0.15, 0.2) is 0 Å². The highest BCUT2D eigenvalue weighted by atomic mass is 16.4. The van der Waals surface area contributed by atoms with Crippen molar-refractivity contribution in [3.05, 3.63) is 77.6 Å². The minimum atomic E-state index is -0.988. The number of nitrogens with one attached hydrogen (secondary N) is 1. The van der Waals surface area contributed by atoms with Crippen LogP contribution in [0.5, 0.6) is 0 Å². The standard InChI is InChI=1S/C23H23N3O3/c1-23(2,22(28)29)16-10-12-17(13-11-16)25-21(27)19-14-24-26(20(19)15-8-9-15)18-6-4-3-5-7-18/h3-7,10-15H,8-9H2,1-2H3,(H,25,27)(H,28,29). The van der Waals surface area contributed by atoms with Crippen LogP contribution >= 0.6 is 0 Å². The minimum Gasteiger partial charge on any atom is -0.481 e. The molecule has 1 aromatic heterocycles. The van der Waals surface area contributed by atoms with Crippen LogP contribution in [0.1, 0.15) is 54.2 Å². The summed E-state index contributed by atoms with van der Waals surface area (Å²) in [6.07, 6.45) is 3.73. The van der Waals surface area contributed by atoms with E-state index in [9.17, 15) is 14.7 Å². The van der Waals surface area contributed by atoms with E-state index in [1.54, 1.807) is 44.3 Å². The summed E-state index contributed by atoms with van der Waals surface area (Å²) in [7, 11) is 0. The van der Waals surface area contributed by atoms with Crippen LogP contribution < -0.4 is 5.32 Å². The van der Waals surface area contributed by atoms with Crippen molar-refractivity contribution in [2.45, 2.75) is 38.0 Å². The molecule has 2 N–H and O–H groups in total. The van der Waals surface area contributed by atoms with Gasteiger partial charge in [0.1, 0.15) is 0 Å². The van der Waals surface area contributed by atoms with Crippen molar-refractivity contribution in [2.75, 3.05) is 5.32 Å². The van der Waals surface area contributed by atoms with E-state index in [-0.39, 0.29) is 5.91 Å². The van der Waals surface area contributed by atoms with Gasteiger partial charge in [-0.2, -0.15) is 5.10 Å². The number of aromatic nitrogens is 2. The molecule has 1 fully saturated rings. The first-order valence-corrected chi connectivity index (χ1v) is 9.66. The number of carboxylic acid groups (broad SMARTS) is 1. The zero-order valence-corrected chi connectivity index (χ0v) is 16.4. The van der Waals surface area contributed by atoms with Gasteiger partial charge in [0.25, 0.3) is 5.91 Å². The number of hydrogen-bond acceptors (Lipinski definition) is 3. The zero-order chi connectivity index (χ0) is 20.6. The number of nitrogens with zero attached hydrogens (tertiary/aromatic N) is 2. The van der Waals surface area contributed by atoms with Crippen LogP contribution in [-0.2, 0) is 10.2 Å². The molecular formula is C23H23N3O3. The maximum atomic E-state index is 12.9. The fraction of sp³-hybridized carbons (Fsp3) is 0.261. The first-order chi connectivity index (χ1) is 13.9. The van der Waals surface area contributed by atoms with Gasteiger partial charge in [0.2, 0.25) is 0 Å². The number of carboxylic acids is 1. The average Bonchev–Trinajstić information content (AvgIpc) is 3.46. The van der Waals surface area contributed by atoms with Crippen molar-refractivity contribution in [2.24, 2.45) is 0 Å². The molecule has 0 bridgehead atoms. The van der Waals surface area contributed by atoms with E-state index in [1.807, 2.05) is 35.0 Å². The summed E-state index contributed by atoms with van der Waals surface area (Å²) in [6, 6.07) is 16.7. The number of rotatable bonds is 6. The second kappa shape index (κ2) is 7.20. The normalized spacial score (nSPS) is 13.9. The smallest absolute Gasteiger partial charge is 0.313 e. The van der Waals surface area contributed by atoms with Crippen LogP contribution in [0.15, 0.2) is 60.8 Å². The number of carbonyl (C=O) groups is 2. The molecule has 6 heteroatoms. The molecule has 148 valence electrons. The van der Waals surface area contributed by atoms with Crippen molar-refractivity contribution < 1.29 is 14.7 Å². The summed E-state index contributed by atoms with van der Waals surface area (Å²) in [5.41, 5.74) is 2.77. The van der Waals surface area contributed by atoms with Crippen molar-refractivity contribution >= 4 is 17.6 Å². The molecule has 1 aliphatic carbocycles. The van der Waals surface area contributed by atoms with Gasteiger partial charge in [-0.15, -0.1) is 0 Å². The minimum absolute atomic E-state index is 0.209. The van der Waals surface area contributed by atoms with Crippen LogP contribution in [0.2, 0.25) is 0 Å². The summed E-state index contributed by atoms with van der Waals surface area (Å²) in [4.78, 5) is 24.4. The number of para-hydroxylation sites is 1. The monoisotopic (exact) mass is 389 g/mol. The second-order valence-electron chi connectivity index (χ2n) is 7.93. The van der Waals surface area contributed by atoms with Gasteiger partial charge in [-0.3, -0.25) is 9.59 Å². The summed E-state index contributed by atoms with van der Waals surface area (Å²) in [5.74, 6) is -0.756. The Hall–Kier alpha value is -3.41. The third-order valence-corrected chi connectivity index (χ3v) is 5.42. The number of aliphatic carboxylic acids is 1. The van der Waals surface area contributed by atoms with Crippen LogP contribution in [0.25, 0.3) is 5.69 Å². The molecule has 0 atom stereocenters. The number of anilines is 1. The number of benzene rings is 2. The third kappa shape index (κ3) is 3.66. The fourth-order valence-electron chi connectivity index (χ4n) is 3.35. The predicted octanol–water partition coefficient (Wildman–Crippen LogP) is 4.36. The Morgan fingerprint density at radius 2 is 1.72 bits per heavy atom. The number of hydrogen-bond donors (Lipinski definition) is 2. The predicted molar refractivity (Wildman–Crippen MR) is 111 cm³/mol. The van der Waals surface area contributed by atoms with Gasteiger partial charge < -0.3 is 10.4 Å². The maximum absolute atomic E-state index is 12.9. The van der Waals surface area contributed by atoms with Crippen LogP contribution in [-0.4, -0.2) is 26.8 Å². The lowest BCUT2D eigenvalue weighted by atomic mass is 9.85. The van der Waals surface area contributed by atoms with E-state index < -0.39 is 11.4 Å². The van der Waals surface area contributed by atoms with Gasteiger partial charge in [0.05, 0.1) is 28.6 Å². The molecule has 4 rings (SSSR count). The van der Waals surface area contributed by atoms with E-state index in [0.717, 1.165) is 24.2 Å². The largest absolute Gasteiger partial charge is 0.481 e. The second-order valence-corrected chi connectivity index (χ2v) is 7.93. The third-order valence-electron chi connectivity index (χ3n) is 5.42. The van der Waals surface area contributed by atoms with E-state index in [0.29, 0.717) is 22.7 Å². The van der Waals surface area contributed by atoms with Crippen molar-refractivity contribution in [1.82, 2.24) is 9.78 Å². The first-order valence-electron chi connectivity index (χ1n) is 9.66. The summed E-state index contributed by atoms with van der Waals surface area (Å²) < 4.78 is 1.85. The van der Waals surface area contributed by atoms with Crippen LogP contribution in [0.4, 0.5) is 5.69 Å². The molecule has 1 saturated carbocycles. The first kappa shape index (κ1) is 18.9.